The predicted molar refractivity (Wildman–Crippen MR) is 95.8 cm³/mol. The third-order valence-corrected chi connectivity index (χ3v) is 4.11. The summed E-state index contributed by atoms with van der Waals surface area (Å²) in [6.45, 7) is 4.86. The van der Waals surface area contributed by atoms with Crippen molar-refractivity contribution in [3.8, 4) is 0 Å². The van der Waals surface area contributed by atoms with Crippen molar-refractivity contribution in [2.45, 2.75) is 110 Å². The summed E-state index contributed by atoms with van der Waals surface area (Å²) in [6, 6.07) is 0. The maximum Gasteiger partial charge on any atom is 1.00 e. The van der Waals surface area contributed by atoms with Crippen molar-refractivity contribution >= 4 is 5.97 Å². The fourth-order valence-corrected chi connectivity index (χ4v) is 2.60. The minimum atomic E-state index is -0.176. The van der Waals surface area contributed by atoms with Crippen molar-refractivity contribution in [2.75, 3.05) is 6.54 Å². The quantitative estimate of drug-likeness (QED) is 0.252. The molecule has 23 heavy (non-hydrogen) atoms. The van der Waals surface area contributed by atoms with E-state index in [-0.39, 0.29) is 37.0 Å². The molecule has 0 fully saturated rings. The number of rotatable bonds is 17. The van der Waals surface area contributed by atoms with Gasteiger partial charge >= 0.3 is 35.5 Å². The van der Waals surface area contributed by atoms with E-state index >= 15 is 0 Å². The summed E-state index contributed by atoms with van der Waals surface area (Å²) in [5.41, 5.74) is 2.73. The van der Waals surface area contributed by atoms with E-state index in [2.05, 4.69) is 12.4 Å². The first-order chi connectivity index (χ1) is 10.8. The van der Waals surface area contributed by atoms with Gasteiger partial charge in [0.2, 0.25) is 0 Å². The minimum Gasteiger partial charge on any atom is -1.00 e. The number of carbonyl (C=O) groups is 1. The van der Waals surface area contributed by atoms with Crippen molar-refractivity contribution in [2.24, 2.45) is 0 Å². The van der Waals surface area contributed by atoms with Crippen molar-refractivity contribution in [1.82, 2.24) is 5.48 Å². The summed E-state index contributed by atoms with van der Waals surface area (Å²) >= 11 is 0. The average molecular weight is 338 g/mol. The van der Waals surface area contributed by atoms with Gasteiger partial charge in [-0.3, -0.25) is 4.79 Å². The molecule has 0 heterocycles. The van der Waals surface area contributed by atoms with Crippen molar-refractivity contribution in [1.29, 1.82) is 0 Å². The first-order valence-corrected chi connectivity index (χ1v) is 9.73. The molecule has 4 heteroatoms. The Hall–Kier alpha value is 0.430. The number of hydrogen-bond acceptors (Lipinski definition) is 3. The summed E-state index contributed by atoms with van der Waals surface area (Å²) in [5, 5.41) is 0. The van der Waals surface area contributed by atoms with Gasteiger partial charge in [-0.05, 0) is 6.42 Å². The van der Waals surface area contributed by atoms with E-state index in [9.17, 15) is 4.79 Å². The van der Waals surface area contributed by atoms with E-state index in [4.69, 9.17) is 4.84 Å². The standard InChI is InChI=1S/C19H39NO2.Na.H/c1-3-5-6-7-8-9-10-11-12-13-14-15-16-17-18-20-22-19(21)4-2;;/h20H,3-18H2,1-2H3;;/q;+1;-1. The van der Waals surface area contributed by atoms with Gasteiger partial charge in [0.1, 0.15) is 0 Å². The molecule has 1 N–H and O–H groups in total. The molecule has 0 aromatic rings. The van der Waals surface area contributed by atoms with Crippen LogP contribution in [-0.2, 0) is 9.63 Å². The van der Waals surface area contributed by atoms with E-state index in [1.54, 1.807) is 6.92 Å². The summed E-state index contributed by atoms with van der Waals surface area (Å²) in [6.07, 6.45) is 19.6. The van der Waals surface area contributed by atoms with Crippen LogP contribution in [-0.4, -0.2) is 12.5 Å². The fraction of sp³-hybridized carbons (Fsp3) is 0.947. The molecule has 3 nitrogen and oxygen atoms in total. The van der Waals surface area contributed by atoms with Gasteiger partial charge in [-0.1, -0.05) is 97.3 Å². The average Bonchev–Trinajstić information content (AvgIpc) is 2.54. The molecule has 0 rings (SSSR count). The Labute approximate surface area is 168 Å². The molecular weight excluding hydrogens is 297 g/mol. The second-order valence-corrected chi connectivity index (χ2v) is 6.32. The zero-order valence-electron chi connectivity index (χ0n) is 17.1. The zero-order valence-corrected chi connectivity index (χ0v) is 18.1. The molecule has 134 valence electrons. The molecule has 0 saturated heterocycles. The summed E-state index contributed by atoms with van der Waals surface area (Å²) < 4.78 is 0. The molecule has 0 atom stereocenters. The Kier molecular flexibility index (Phi) is 25.0. The maximum absolute atomic E-state index is 10.9. The van der Waals surface area contributed by atoms with E-state index in [0.717, 1.165) is 13.0 Å². The Morgan fingerprint density at radius 3 is 1.52 bits per heavy atom. The van der Waals surface area contributed by atoms with Crippen LogP contribution < -0.4 is 35.0 Å². The first kappa shape index (κ1) is 25.7. The van der Waals surface area contributed by atoms with Crippen LogP contribution in [0.4, 0.5) is 0 Å². The molecule has 0 aromatic heterocycles. The molecule has 0 unspecified atom stereocenters. The molecule has 0 saturated carbocycles. The van der Waals surface area contributed by atoms with Gasteiger partial charge in [0.05, 0.1) is 0 Å². The van der Waals surface area contributed by atoms with Crippen LogP contribution in [0.2, 0.25) is 0 Å². The molecule has 0 spiro atoms. The van der Waals surface area contributed by atoms with Crippen LogP contribution in [0.25, 0.3) is 0 Å². The molecule has 0 aromatic carbocycles. The van der Waals surface area contributed by atoms with Gasteiger partial charge in [-0.15, -0.1) is 0 Å². The maximum atomic E-state index is 10.9. The third kappa shape index (κ3) is 22.4. The molecule has 0 aliphatic carbocycles. The molecule has 0 aliphatic rings. The molecule has 0 aliphatic heterocycles. The number of hydroxylamine groups is 1. The number of unbranched alkanes of at least 4 members (excludes halogenated alkanes) is 13. The SMILES string of the molecule is CCCCCCCCCCCCCCCCNOC(=O)CC.[H-].[Na+]. The van der Waals surface area contributed by atoms with Gasteiger partial charge in [0.25, 0.3) is 0 Å². The summed E-state index contributed by atoms with van der Waals surface area (Å²) in [7, 11) is 0. The van der Waals surface area contributed by atoms with E-state index in [1.165, 1.54) is 83.5 Å². The molecule has 0 amide bonds. The van der Waals surface area contributed by atoms with Crippen molar-refractivity contribution in [3.05, 3.63) is 0 Å². The Morgan fingerprint density at radius 2 is 1.13 bits per heavy atom. The van der Waals surface area contributed by atoms with Crippen LogP contribution in [0.15, 0.2) is 0 Å². The van der Waals surface area contributed by atoms with Gasteiger partial charge in [-0.2, -0.15) is 5.48 Å². The van der Waals surface area contributed by atoms with Crippen molar-refractivity contribution < 1.29 is 40.6 Å². The fourth-order valence-electron chi connectivity index (χ4n) is 2.60. The number of hydrogen-bond donors (Lipinski definition) is 1. The van der Waals surface area contributed by atoms with Crippen molar-refractivity contribution in [3.63, 3.8) is 0 Å². The van der Waals surface area contributed by atoms with E-state index < -0.39 is 0 Å². The van der Waals surface area contributed by atoms with Gasteiger partial charge in [-0.25, -0.2) is 0 Å². The van der Waals surface area contributed by atoms with Crippen LogP contribution in [0, 0.1) is 0 Å². The molecule has 0 bridgehead atoms. The second kappa shape index (κ2) is 22.4. The third-order valence-electron chi connectivity index (χ3n) is 4.11. The largest absolute Gasteiger partial charge is 1.00 e. The van der Waals surface area contributed by atoms with Crippen LogP contribution in [0.3, 0.4) is 0 Å². The Bertz CT molecular complexity index is 243. The van der Waals surface area contributed by atoms with E-state index in [0.29, 0.717) is 6.42 Å². The summed E-state index contributed by atoms with van der Waals surface area (Å²) in [5.74, 6) is -0.176. The second-order valence-electron chi connectivity index (χ2n) is 6.32. The monoisotopic (exact) mass is 337 g/mol. The Morgan fingerprint density at radius 1 is 0.739 bits per heavy atom. The van der Waals surface area contributed by atoms with Gasteiger partial charge in [0, 0.05) is 13.0 Å². The molecular formula is C19H40NNaO2. The normalized spacial score (nSPS) is 10.3. The topological polar surface area (TPSA) is 38.3 Å². The smallest absolute Gasteiger partial charge is 1.00 e. The van der Waals surface area contributed by atoms with Crippen LogP contribution >= 0.6 is 0 Å². The number of nitrogens with one attached hydrogen (secondary N) is 1. The van der Waals surface area contributed by atoms with Crippen LogP contribution in [0.1, 0.15) is 112 Å². The Balaban J connectivity index is -0.00000220. The minimum absolute atomic E-state index is 0. The number of carbonyl (C=O) groups excluding carboxylic acids is 1. The summed E-state index contributed by atoms with van der Waals surface area (Å²) in [4.78, 5) is 15.7. The van der Waals surface area contributed by atoms with Gasteiger partial charge < -0.3 is 6.26 Å². The predicted octanol–water partition coefficient (Wildman–Crippen LogP) is 3.04. The van der Waals surface area contributed by atoms with E-state index in [1.807, 2.05) is 0 Å². The van der Waals surface area contributed by atoms with Crippen LogP contribution in [0.5, 0.6) is 0 Å². The first-order valence-electron chi connectivity index (χ1n) is 9.73. The zero-order chi connectivity index (χ0) is 16.3. The molecule has 0 radical (unpaired) electrons. The van der Waals surface area contributed by atoms with Gasteiger partial charge in [0.15, 0.2) is 0 Å².